The molecule has 0 aliphatic heterocycles. The maximum absolute atomic E-state index is 12.0. The minimum absolute atomic E-state index is 0.0429. The Morgan fingerprint density at radius 2 is 2.00 bits per heavy atom. The molecule has 18 heavy (non-hydrogen) atoms. The Hall–Kier alpha value is -1.67. The van der Waals surface area contributed by atoms with Crippen molar-refractivity contribution in [2.24, 2.45) is 0 Å². The zero-order valence-electron chi connectivity index (χ0n) is 10.3. The Morgan fingerprint density at radius 1 is 1.28 bits per heavy atom. The first-order chi connectivity index (χ1) is 8.58. The van der Waals surface area contributed by atoms with E-state index in [1.807, 2.05) is 25.1 Å². The summed E-state index contributed by atoms with van der Waals surface area (Å²) in [5, 5.41) is 0. The molecule has 0 unspecified atom stereocenters. The summed E-state index contributed by atoms with van der Waals surface area (Å²) in [5.74, 6) is -0.0429. The molecule has 1 rings (SSSR count). The number of carbonyl (C=O) groups excluding carboxylic acids is 1. The molecule has 0 spiro atoms. The second kappa shape index (κ2) is 6.92. The third-order valence-electron chi connectivity index (χ3n) is 2.36. The minimum Gasteiger partial charge on any atom is -0.289 e. The molecular weight excluding hydrogens is 288 g/mol. The van der Waals surface area contributed by atoms with Gasteiger partial charge in [0.15, 0.2) is 5.78 Å². The van der Waals surface area contributed by atoms with Gasteiger partial charge >= 0.3 is 0 Å². The lowest BCUT2D eigenvalue weighted by Gasteiger charge is -2.01. The summed E-state index contributed by atoms with van der Waals surface area (Å²) in [6.07, 6.45) is 8.39. The van der Waals surface area contributed by atoms with Crippen molar-refractivity contribution in [1.29, 1.82) is 0 Å². The molecular formula is C16H15BrO. The van der Waals surface area contributed by atoms with Gasteiger partial charge in [0.25, 0.3) is 0 Å². The first-order valence-electron chi connectivity index (χ1n) is 5.52. The summed E-state index contributed by atoms with van der Waals surface area (Å²) in [4.78, 5) is 12.0. The van der Waals surface area contributed by atoms with Gasteiger partial charge in [-0.05, 0) is 36.3 Å². The van der Waals surface area contributed by atoms with Crippen molar-refractivity contribution in [2.75, 3.05) is 0 Å². The van der Waals surface area contributed by atoms with E-state index in [1.165, 1.54) is 6.08 Å². The van der Waals surface area contributed by atoms with Crippen LogP contribution in [-0.2, 0) is 0 Å². The number of benzene rings is 1. The maximum atomic E-state index is 12.0. The molecule has 0 atom stereocenters. The van der Waals surface area contributed by atoms with Crippen LogP contribution >= 0.6 is 15.9 Å². The maximum Gasteiger partial charge on any atom is 0.186 e. The number of rotatable bonds is 5. The fraction of sp³-hybridized carbons (Fsp3) is 0.0625. The first-order valence-corrected chi connectivity index (χ1v) is 6.31. The fourth-order valence-electron chi connectivity index (χ4n) is 1.41. The molecule has 0 aliphatic carbocycles. The normalized spacial score (nSPS) is 11.6. The largest absolute Gasteiger partial charge is 0.289 e. The Balaban J connectivity index is 2.95. The topological polar surface area (TPSA) is 17.1 Å². The molecule has 0 radical (unpaired) electrons. The van der Waals surface area contributed by atoms with E-state index in [1.54, 1.807) is 24.3 Å². The van der Waals surface area contributed by atoms with E-state index in [-0.39, 0.29) is 5.78 Å². The Kier molecular flexibility index (Phi) is 5.53. The van der Waals surface area contributed by atoms with Crippen LogP contribution in [0.1, 0.15) is 15.9 Å². The van der Waals surface area contributed by atoms with Crippen molar-refractivity contribution in [1.82, 2.24) is 0 Å². The monoisotopic (exact) mass is 302 g/mol. The van der Waals surface area contributed by atoms with Crippen molar-refractivity contribution < 1.29 is 4.79 Å². The van der Waals surface area contributed by atoms with Crippen LogP contribution in [0, 0.1) is 6.92 Å². The average Bonchev–Trinajstić information content (AvgIpc) is 2.34. The minimum atomic E-state index is -0.0429. The van der Waals surface area contributed by atoms with Crippen LogP contribution in [0.3, 0.4) is 0 Å². The highest BCUT2D eigenvalue weighted by Gasteiger charge is 2.06. The lowest BCUT2D eigenvalue weighted by Crippen LogP contribution is -1.96. The molecule has 0 amide bonds. The van der Waals surface area contributed by atoms with Crippen LogP contribution in [0.25, 0.3) is 0 Å². The van der Waals surface area contributed by atoms with Gasteiger partial charge < -0.3 is 0 Å². The van der Waals surface area contributed by atoms with E-state index in [2.05, 4.69) is 29.1 Å². The molecule has 1 aromatic rings. The van der Waals surface area contributed by atoms with E-state index >= 15 is 0 Å². The van der Waals surface area contributed by atoms with E-state index in [9.17, 15) is 4.79 Å². The lowest BCUT2D eigenvalue weighted by atomic mass is 10.1. The Labute approximate surface area is 116 Å². The second-order valence-electron chi connectivity index (χ2n) is 3.79. The molecule has 0 heterocycles. The molecule has 0 fully saturated rings. The number of hydrogen-bond donors (Lipinski definition) is 0. The van der Waals surface area contributed by atoms with E-state index < -0.39 is 0 Å². The van der Waals surface area contributed by atoms with Crippen molar-refractivity contribution in [3.05, 3.63) is 82.9 Å². The van der Waals surface area contributed by atoms with Crippen molar-refractivity contribution in [2.45, 2.75) is 6.92 Å². The van der Waals surface area contributed by atoms with Gasteiger partial charge in [-0.3, -0.25) is 4.79 Å². The quantitative estimate of drug-likeness (QED) is 0.434. The summed E-state index contributed by atoms with van der Waals surface area (Å²) in [6, 6.07) is 5.66. The fourth-order valence-corrected chi connectivity index (χ4v) is 2.10. The molecule has 0 aromatic heterocycles. The Morgan fingerprint density at radius 3 is 2.56 bits per heavy atom. The zero-order valence-corrected chi connectivity index (χ0v) is 11.9. The molecule has 0 bridgehead atoms. The molecule has 1 nitrogen and oxygen atoms in total. The smallest absolute Gasteiger partial charge is 0.186 e. The number of carbonyl (C=O) groups is 1. The van der Waals surface area contributed by atoms with Crippen molar-refractivity contribution in [3.8, 4) is 0 Å². The summed E-state index contributed by atoms with van der Waals surface area (Å²) in [7, 11) is 0. The highest BCUT2D eigenvalue weighted by Crippen LogP contribution is 2.19. The molecule has 0 saturated carbocycles. The SMILES string of the molecule is C=C/C=C(C=C)/C=C/C(=O)c1ccc(C)cc1Br. The highest BCUT2D eigenvalue weighted by atomic mass is 79.9. The number of allylic oxidation sites excluding steroid dienone is 6. The highest BCUT2D eigenvalue weighted by molar-refractivity contribution is 9.10. The van der Waals surface area contributed by atoms with Crippen LogP contribution in [0.15, 0.2) is 71.8 Å². The predicted molar refractivity (Wildman–Crippen MR) is 80.8 cm³/mol. The molecule has 2 heteroatoms. The molecule has 92 valence electrons. The molecule has 1 aromatic carbocycles. The van der Waals surface area contributed by atoms with Crippen LogP contribution in [0.4, 0.5) is 0 Å². The van der Waals surface area contributed by atoms with Gasteiger partial charge in [-0.25, -0.2) is 0 Å². The third-order valence-corrected chi connectivity index (χ3v) is 3.02. The number of hydrogen-bond acceptors (Lipinski definition) is 1. The molecule has 0 N–H and O–H groups in total. The van der Waals surface area contributed by atoms with Gasteiger partial charge in [-0.1, -0.05) is 59.5 Å². The predicted octanol–water partition coefficient (Wildman–Crippen LogP) is 4.79. The van der Waals surface area contributed by atoms with Crippen LogP contribution < -0.4 is 0 Å². The van der Waals surface area contributed by atoms with Gasteiger partial charge in [-0.2, -0.15) is 0 Å². The van der Waals surface area contributed by atoms with Gasteiger partial charge in [0.1, 0.15) is 0 Å². The molecule has 0 aliphatic rings. The average molecular weight is 303 g/mol. The van der Waals surface area contributed by atoms with E-state index in [0.717, 1.165) is 15.6 Å². The number of ketones is 1. The Bertz CT molecular complexity index is 536. The van der Waals surface area contributed by atoms with Crippen LogP contribution in [0.2, 0.25) is 0 Å². The van der Waals surface area contributed by atoms with Gasteiger partial charge in [-0.15, -0.1) is 0 Å². The van der Waals surface area contributed by atoms with E-state index in [4.69, 9.17) is 0 Å². The summed E-state index contributed by atoms with van der Waals surface area (Å²) < 4.78 is 0.810. The number of halogens is 1. The van der Waals surface area contributed by atoms with Crippen LogP contribution in [-0.4, -0.2) is 5.78 Å². The zero-order chi connectivity index (χ0) is 13.5. The summed E-state index contributed by atoms with van der Waals surface area (Å²) in [5.41, 5.74) is 2.61. The van der Waals surface area contributed by atoms with Crippen LogP contribution in [0.5, 0.6) is 0 Å². The standard InChI is InChI=1S/C16H15BrO/c1-4-6-13(5-2)8-10-16(18)14-9-7-12(3)11-15(14)17/h4-11H,1-2H2,3H3/b10-8+,13-6+. The second-order valence-corrected chi connectivity index (χ2v) is 4.64. The van der Waals surface area contributed by atoms with Gasteiger partial charge in [0.2, 0.25) is 0 Å². The van der Waals surface area contributed by atoms with Crippen molar-refractivity contribution >= 4 is 21.7 Å². The van der Waals surface area contributed by atoms with Crippen molar-refractivity contribution in [3.63, 3.8) is 0 Å². The summed E-state index contributed by atoms with van der Waals surface area (Å²) >= 11 is 3.40. The van der Waals surface area contributed by atoms with Gasteiger partial charge in [0, 0.05) is 10.0 Å². The summed E-state index contributed by atoms with van der Waals surface area (Å²) in [6.45, 7) is 9.26. The lowest BCUT2D eigenvalue weighted by molar-refractivity contribution is 0.104. The molecule has 0 saturated heterocycles. The number of aryl methyl sites for hydroxylation is 1. The third kappa shape index (κ3) is 3.97. The van der Waals surface area contributed by atoms with E-state index in [0.29, 0.717) is 5.56 Å². The first kappa shape index (κ1) is 14.4. The van der Waals surface area contributed by atoms with Gasteiger partial charge in [0.05, 0.1) is 0 Å².